The third-order valence-electron chi connectivity index (χ3n) is 3.12. The fourth-order valence-corrected chi connectivity index (χ4v) is 2.53. The summed E-state index contributed by atoms with van der Waals surface area (Å²) >= 11 is 12.2. The molecule has 0 aliphatic heterocycles. The Morgan fingerprint density at radius 3 is 2.48 bits per heavy atom. The molecule has 0 saturated carbocycles. The second-order valence-corrected chi connectivity index (χ2v) is 5.53. The number of ether oxygens (including phenoxy) is 2. The molecule has 0 radical (unpaired) electrons. The Morgan fingerprint density at radius 1 is 1.10 bits per heavy atom. The molecule has 2 rings (SSSR count). The zero-order chi connectivity index (χ0) is 15.4. The largest absolute Gasteiger partial charge is 0.493 e. The summed E-state index contributed by atoms with van der Waals surface area (Å²) in [4.78, 5) is 0. The molecule has 0 saturated heterocycles. The van der Waals surface area contributed by atoms with Gasteiger partial charge in [-0.05, 0) is 24.6 Å². The summed E-state index contributed by atoms with van der Waals surface area (Å²) < 4.78 is 11.2. The first-order chi connectivity index (χ1) is 10.0. The van der Waals surface area contributed by atoms with Gasteiger partial charge in [0.1, 0.15) is 6.61 Å². The molecule has 0 atom stereocenters. The van der Waals surface area contributed by atoms with Crippen LogP contribution in [0.3, 0.4) is 0 Å². The third-order valence-corrected chi connectivity index (χ3v) is 3.69. The number of benzene rings is 2. The molecule has 3 nitrogen and oxygen atoms in total. The van der Waals surface area contributed by atoms with Crippen molar-refractivity contribution in [1.29, 1.82) is 0 Å². The smallest absolute Gasteiger partial charge is 0.166 e. The zero-order valence-electron chi connectivity index (χ0n) is 12.0. The summed E-state index contributed by atoms with van der Waals surface area (Å²) in [5, 5.41) is 1.24. The topological polar surface area (TPSA) is 44.5 Å². The van der Waals surface area contributed by atoms with Crippen LogP contribution in [0.15, 0.2) is 30.3 Å². The highest BCUT2D eigenvalue weighted by molar-refractivity contribution is 6.31. The van der Waals surface area contributed by atoms with E-state index in [1.54, 1.807) is 19.2 Å². The van der Waals surface area contributed by atoms with Crippen LogP contribution in [-0.2, 0) is 13.2 Å². The van der Waals surface area contributed by atoms with E-state index in [1.807, 2.05) is 25.1 Å². The highest BCUT2D eigenvalue weighted by atomic mass is 35.5. The normalized spacial score (nSPS) is 10.5. The van der Waals surface area contributed by atoms with Gasteiger partial charge in [-0.3, -0.25) is 0 Å². The molecule has 0 aromatic heterocycles. The van der Waals surface area contributed by atoms with Crippen molar-refractivity contribution < 1.29 is 9.47 Å². The predicted octanol–water partition coefficient (Wildman–Crippen LogP) is 4.35. The molecular weight excluding hydrogens is 309 g/mol. The number of methoxy groups -OCH3 is 1. The Morgan fingerprint density at radius 2 is 1.86 bits per heavy atom. The molecular formula is C16H17Cl2NO2. The van der Waals surface area contributed by atoms with Gasteiger partial charge in [0.05, 0.1) is 7.11 Å². The van der Waals surface area contributed by atoms with E-state index >= 15 is 0 Å². The fourth-order valence-electron chi connectivity index (χ4n) is 2.01. The fraction of sp³-hybridized carbons (Fsp3) is 0.250. The van der Waals surface area contributed by atoms with E-state index in [1.165, 1.54) is 0 Å². The lowest BCUT2D eigenvalue weighted by Crippen LogP contribution is -2.05. The Bertz CT molecular complexity index is 619. The first-order valence-electron chi connectivity index (χ1n) is 6.49. The minimum atomic E-state index is 0.313. The standard InChI is InChI=1S/C16H17Cl2NO2/c1-10-3-4-11(14(18)5-10)9-21-16-12(8-19)6-13(17)7-15(16)20-2/h3-7H,8-9,19H2,1-2H3. The van der Waals surface area contributed by atoms with Crippen LogP contribution in [0.25, 0.3) is 0 Å². The lowest BCUT2D eigenvalue weighted by Gasteiger charge is -2.15. The summed E-state index contributed by atoms with van der Waals surface area (Å²) in [6.45, 7) is 2.64. The summed E-state index contributed by atoms with van der Waals surface area (Å²) in [5.74, 6) is 1.16. The molecule has 21 heavy (non-hydrogen) atoms. The van der Waals surface area contributed by atoms with Crippen LogP contribution < -0.4 is 15.2 Å². The molecule has 0 spiro atoms. The summed E-state index contributed by atoms with van der Waals surface area (Å²) in [5.41, 5.74) is 8.55. The summed E-state index contributed by atoms with van der Waals surface area (Å²) in [6.07, 6.45) is 0. The van der Waals surface area contributed by atoms with Gasteiger partial charge in [-0.15, -0.1) is 0 Å². The molecule has 0 heterocycles. The molecule has 0 amide bonds. The molecule has 0 fully saturated rings. The van der Waals surface area contributed by atoms with E-state index in [9.17, 15) is 0 Å². The molecule has 0 unspecified atom stereocenters. The monoisotopic (exact) mass is 325 g/mol. The maximum Gasteiger partial charge on any atom is 0.166 e. The Kier molecular flexibility index (Phi) is 5.34. The van der Waals surface area contributed by atoms with Crippen molar-refractivity contribution in [3.05, 3.63) is 57.1 Å². The number of nitrogens with two attached hydrogens (primary N) is 1. The maximum atomic E-state index is 6.21. The van der Waals surface area contributed by atoms with Crippen LogP contribution in [-0.4, -0.2) is 7.11 Å². The van der Waals surface area contributed by atoms with Crippen molar-refractivity contribution in [2.75, 3.05) is 7.11 Å². The van der Waals surface area contributed by atoms with Gasteiger partial charge in [-0.2, -0.15) is 0 Å². The van der Waals surface area contributed by atoms with Crippen molar-refractivity contribution in [3.8, 4) is 11.5 Å². The molecule has 2 aromatic carbocycles. The molecule has 2 aromatic rings. The molecule has 5 heteroatoms. The Hall–Kier alpha value is -1.42. The highest BCUT2D eigenvalue weighted by Crippen LogP contribution is 2.35. The molecule has 0 aliphatic carbocycles. The Balaban J connectivity index is 2.26. The van der Waals surface area contributed by atoms with E-state index < -0.39 is 0 Å². The van der Waals surface area contributed by atoms with Crippen molar-refractivity contribution in [3.63, 3.8) is 0 Å². The molecule has 112 valence electrons. The van der Waals surface area contributed by atoms with Crippen molar-refractivity contribution in [2.24, 2.45) is 5.73 Å². The van der Waals surface area contributed by atoms with E-state index in [0.29, 0.717) is 34.7 Å². The average Bonchev–Trinajstić information content (AvgIpc) is 2.46. The van der Waals surface area contributed by atoms with E-state index in [-0.39, 0.29) is 0 Å². The van der Waals surface area contributed by atoms with Gasteiger partial charge in [-0.25, -0.2) is 0 Å². The second kappa shape index (κ2) is 7.03. The first kappa shape index (κ1) is 16.0. The van der Waals surface area contributed by atoms with Gasteiger partial charge in [-0.1, -0.05) is 35.3 Å². The van der Waals surface area contributed by atoms with Crippen molar-refractivity contribution >= 4 is 23.2 Å². The van der Waals surface area contributed by atoms with Crippen molar-refractivity contribution in [2.45, 2.75) is 20.1 Å². The predicted molar refractivity (Wildman–Crippen MR) is 86.4 cm³/mol. The number of aryl methyl sites for hydroxylation is 1. The molecule has 2 N–H and O–H groups in total. The quantitative estimate of drug-likeness (QED) is 0.888. The van der Waals surface area contributed by atoms with Crippen LogP contribution >= 0.6 is 23.2 Å². The molecule has 0 aliphatic rings. The van der Waals surface area contributed by atoms with Gasteiger partial charge in [0, 0.05) is 33.8 Å². The maximum absolute atomic E-state index is 6.21. The summed E-state index contributed by atoms with van der Waals surface area (Å²) in [6, 6.07) is 9.32. The van der Waals surface area contributed by atoms with Crippen LogP contribution in [0.4, 0.5) is 0 Å². The Labute approximate surface area is 134 Å². The van der Waals surface area contributed by atoms with Crippen LogP contribution in [0.2, 0.25) is 10.0 Å². The summed E-state index contributed by atoms with van der Waals surface area (Å²) in [7, 11) is 1.57. The molecule has 0 bridgehead atoms. The van der Waals surface area contributed by atoms with E-state index in [4.69, 9.17) is 38.4 Å². The highest BCUT2D eigenvalue weighted by Gasteiger charge is 2.13. The minimum absolute atomic E-state index is 0.313. The average molecular weight is 326 g/mol. The second-order valence-electron chi connectivity index (χ2n) is 4.68. The van der Waals surface area contributed by atoms with E-state index in [0.717, 1.165) is 16.7 Å². The number of rotatable bonds is 5. The lowest BCUT2D eigenvalue weighted by atomic mass is 10.1. The number of hydrogen-bond donors (Lipinski definition) is 1. The van der Waals surface area contributed by atoms with Gasteiger partial charge in [0.2, 0.25) is 0 Å². The number of halogens is 2. The third kappa shape index (κ3) is 3.82. The van der Waals surface area contributed by atoms with Crippen LogP contribution in [0.5, 0.6) is 11.5 Å². The number of hydrogen-bond acceptors (Lipinski definition) is 3. The zero-order valence-corrected chi connectivity index (χ0v) is 13.5. The van der Waals surface area contributed by atoms with Gasteiger partial charge >= 0.3 is 0 Å². The van der Waals surface area contributed by atoms with Gasteiger partial charge < -0.3 is 15.2 Å². The van der Waals surface area contributed by atoms with E-state index in [2.05, 4.69) is 0 Å². The minimum Gasteiger partial charge on any atom is -0.493 e. The van der Waals surface area contributed by atoms with Crippen LogP contribution in [0, 0.1) is 6.92 Å². The van der Waals surface area contributed by atoms with Gasteiger partial charge in [0.15, 0.2) is 11.5 Å². The SMILES string of the molecule is COc1cc(Cl)cc(CN)c1OCc1ccc(C)cc1Cl. The lowest BCUT2D eigenvalue weighted by molar-refractivity contribution is 0.281. The van der Waals surface area contributed by atoms with Crippen molar-refractivity contribution in [1.82, 2.24) is 0 Å². The van der Waals surface area contributed by atoms with Crippen LogP contribution in [0.1, 0.15) is 16.7 Å². The van der Waals surface area contributed by atoms with Gasteiger partial charge in [0.25, 0.3) is 0 Å². The first-order valence-corrected chi connectivity index (χ1v) is 7.25.